The lowest BCUT2D eigenvalue weighted by Crippen LogP contribution is -2.37. The van der Waals surface area contributed by atoms with Crippen molar-refractivity contribution in [2.45, 2.75) is 37.4 Å². The van der Waals surface area contributed by atoms with E-state index in [9.17, 15) is 8.42 Å². The first-order valence-electron chi connectivity index (χ1n) is 7.78. The fraction of sp³-hybridized carbons (Fsp3) is 0.467. The number of hydrogen-bond acceptors (Lipinski definition) is 5. The first-order valence-corrected chi connectivity index (χ1v) is 9.64. The third kappa shape index (κ3) is 3.55. The van der Waals surface area contributed by atoms with Crippen molar-refractivity contribution in [2.75, 3.05) is 18.0 Å². The van der Waals surface area contributed by atoms with Gasteiger partial charge in [-0.2, -0.15) is 0 Å². The number of hydrogen-bond donors (Lipinski definition) is 1. The molecule has 0 amide bonds. The van der Waals surface area contributed by atoms with Crippen LogP contribution in [0.4, 0.5) is 5.82 Å². The van der Waals surface area contributed by atoms with Crippen LogP contribution < -0.4 is 9.62 Å². The number of nitrogens with zero attached hydrogens (tertiary/aromatic N) is 4. The van der Waals surface area contributed by atoms with Crippen LogP contribution in [0.1, 0.15) is 26.3 Å². The lowest BCUT2D eigenvalue weighted by atomic mass is 10.3. The molecule has 1 saturated heterocycles. The maximum atomic E-state index is 12.5. The van der Waals surface area contributed by atoms with E-state index in [1.165, 1.54) is 6.33 Å². The van der Waals surface area contributed by atoms with Gasteiger partial charge >= 0.3 is 0 Å². The molecule has 0 aromatic carbocycles. The summed E-state index contributed by atoms with van der Waals surface area (Å²) in [6.07, 6.45) is 5.46. The van der Waals surface area contributed by atoms with Crippen LogP contribution in [0.5, 0.6) is 0 Å². The molecular formula is C15H20ClN5O2S. The van der Waals surface area contributed by atoms with Gasteiger partial charge in [0.2, 0.25) is 0 Å². The van der Waals surface area contributed by atoms with Crippen LogP contribution in [-0.2, 0) is 10.0 Å². The van der Waals surface area contributed by atoms with Crippen molar-refractivity contribution in [1.29, 1.82) is 0 Å². The quantitative estimate of drug-likeness (QED) is 0.872. The minimum Gasteiger partial charge on any atom is -0.354 e. The van der Waals surface area contributed by atoms with Crippen molar-refractivity contribution >= 4 is 27.4 Å². The molecule has 1 N–H and O–H groups in total. The van der Waals surface area contributed by atoms with Crippen molar-refractivity contribution < 1.29 is 8.42 Å². The molecule has 2 aromatic rings. The van der Waals surface area contributed by atoms with Gasteiger partial charge in [-0.05, 0) is 32.4 Å². The van der Waals surface area contributed by atoms with Gasteiger partial charge in [0.05, 0.1) is 11.3 Å². The zero-order valence-corrected chi connectivity index (χ0v) is 15.1. The molecule has 1 aliphatic rings. The molecule has 0 saturated carbocycles. The van der Waals surface area contributed by atoms with E-state index >= 15 is 0 Å². The zero-order valence-electron chi connectivity index (χ0n) is 13.6. The Balaban J connectivity index is 1.69. The highest BCUT2D eigenvalue weighted by Crippen LogP contribution is 2.26. The monoisotopic (exact) mass is 369 g/mol. The number of aromatic nitrogens is 3. The highest BCUT2D eigenvalue weighted by Gasteiger charge is 2.29. The summed E-state index contributed by atoms with van der Waals surface area (Å²) in [5.74, 6) is 0.685. The Kier molecular flexibility index (Phi) is 4.80. The Bertz CT molecular complexity index is 821. The molecule has 0 bridgehead atoms. The molecule has 0 spiro atoms. The summed E-state index contributed by atoms with van der Waals surface area (Å²) in [4.78, 5) is 10.3. The summed E-state index contributed by atoms with van der Waals surface area (Å²) < 4.78 is 29.5. The molecule has 0 radical (unpaired) electrons. The number of halogens is 1. The summed E-state index contributed by atoms with van der Waals surface area (Å²) >= 11 is 6.16. The van der Waals surface area contributed by atoms with Crippen LogP contribution in [0.15, 0.2) is 35.9 Å². The second-order valence-electron chi connectivity index (χ2n) is 6.11. The van der Waals surface area contributed by atoms with Gasteiger partial charge in [-0.3, -0.25) is 0 Å². The Morgan fingerprint density at radius 1 is 1.38 bits per heavy atom. The minimum absolute atomic E-state index is 0.0468. The van der Waals surface area contributed by atoms with E-state index in [0.717, 1.165) is 0 Å². The lowest BCUT2D eigenvalue weighted by molar-refractivity contribution is 0.557. The summed E-state index contributed by atoms with van der Waals surface area (Å²) in [6.45, 7) is 5.17. The topological polar surface area (TPSA) is 80.1 Å². The lowest BCUT2D eigenvalue weighted by Gasteiger charge is -2.18. The maximum absolute atomic E-state index is 12.5. The molecule has 7 nitrogen and oxygen atoms in total. The van der Waals surface area contributed by atoms with Gasteiger partial charge < -0.3 is 9.47 Å². The van der Waals surface area contributed by atoms with E-state index in [-0.39, 0.29) is 17.1 Å². The molecular weight excluding hydrogens is 350 g/mol. The van der Waals surface area contributed by atoms with Gasteiger partial charge in [0.25, 0.3) is 10.0 Å². The van der Waals surface area contributed by atoms with E-state index < -0.39 is 10.0 Å². The van der Waals surface area contributed by atoms with E-state index in [0.29, 0.717) is 30.4 Å². The normalized spacial score (nSPS) is 18.5. The van der Waals surface area contributed by atoms with Gasteiger partial charge in [0.1, 0.15) is 5.82 Å². The van der Waals surface area contributed by atoms with Gasteiger partial charge in [-0.25, -0.2) is 23.1 Å². The van der Waals surface area contributed by atoms with Crippen LogP contribution >= 0.6 is 11.6 Å². The van der Waals surface area contributed by atoms with Crippen molar-refractivity contribution in [1.82, 2.24) is 19.3 Å². The fourth-order valence-corrected chi connectivity index (χ4v) is 4.12. The fourth-order valence-electron chi connectivity index (χ4n) is 2.68. The van der Waals surface area contributed by atoms with Crippen LogP contribution in [0.3, 0.4) is 0 Å². The molecule has 9 heteroatoms. The number of rotatable bonds is 5. The summed E-state index contributed by atoms with van der Waals surface area (Å²) in [5, 5.41) is 0.613. The molecule has 1 fully saturated rings. The molecule has 24 heavy (non-hydrogen) atoms. The van der Waals surface area contributed by atoms with E-state index in [1.807, 2.05) is 18.7 Å². The van der Waals surface area contributed by atoms with Crippen LogP contribution in [0, 0.1) is 0 Å². The Morgan fingerprint density at radius 2 is 2.17 bits per heavy atom. The largest absolute Gasteiger partial charge is 0.354 e. The number of imidazole rings is 1. The van der Waals surface area contributed by atoms with E-state index in [2.05, 4.69) is 14.7 Å². The van der Waals surface area contributed by atoms with Crippen molar-refractivity contribution in [3.05, 3.63) is 35.9 Å². The van der Waals surface area contributed by atoms with Gasteiger partial charge in [0.15, 0.2) is 5.03 Å². The second-order valence-corrected chi connectivity index (χ2v) is 8.18. The Morgan fingerprint density at radius 3 is 2.83 bits per heavy atom. The average Bonchev–Trinajstić information content (AvgIpc) is 3.16. The molecule has 0 aliphatic carbocycles. The molecule has 3 heterocycles. The molecule has 3 rings (SSSR count). The Labute approximate surface area is 146 Å². The Hall–Kier alpha value is -1.64. The van der Waals surface area contributed by atoms with E-state index in [1.54, 1.807) is 29.1 Å². The SMILES string of the molecule is CC(C)n1cnc(S(=O)(=O)NC2CCN(c3ncccc3Cl)C2)c1. The number of nitrogens with one attached hydrogen (secondary N) is 1. The zero-order chi connectivity index (χ0) is 17.3. The van der Waals surface area contributed by atoms with Crippen molar-refractivity contribution in [3.8, 4) is 0 Å². The van der Waals surface area contributed by atoms with Crippen LogP contribution in [0.25, 0.3) is 0 Å². The predicted octanol–water partition coefficient (Wildman–Crippen LogP) is 2.07. The number of sulfonamides is 1. The first-order chi connectivity index (χ1) is 11.4. The molecule has 1 unspecified atom stereocenters. The van der Waals surface area contributed by atoms with Crippen LogP contribution in [0.2, 0.25) is 5.02 Å². The molecule has 1 atom stereocenters. The van der Waals surface area contributed by atoms with Crippen molar-refractivity contribution in [2.24, 2.45) is 0 Å². The number of pyridine rings is 1. The molecule has 2 aromatic heterocycles. The summed E-state index contributed by atoms with van der Waals surface area (Å²) in [5.41, 5.74) is 0. The van der Waals surface area contributed by atoms with Gasteiger partial charge in [-0.1, -0.05) is 11.6 Å². The highest BCUT2D eigenvalue weighted by molar-refractivity contribution is 7.89. The van der Waals surface area contributed by atoms with Crippen molar-refractivity contribution in [3.63, 3.8) is 0 Å². The first kappa shape index (κ1) is 17.2. The van der Waals surface area contributed by atoms with Gasteiger partial charge in [-0.15, -0.1) is 0 Å². The summed E-state index contributed by atoms with van der Waals surface area (Å²) in [6, 6.07) is 3.51. The minimum atomic E-state index is -3.63. The third-order valence-electron chi connectivity index (χ3n) is 4.00. The smallest absolute Gasteiger partial charge is 0.259 e. The highest BCUT2D eigenvalue weighted by atomic mass is 35.5. The maximum Gasteiger partial charge on any atom is 0.259 e. The summed E-state index contributed by atoms with van der Waals surface area (Å²) in [7, 11) is -3.63. The predicted molar refractivity (Wildman–Crippen MR) is 92.8 cm³/mol. The van der Waals surface area contributed by atoms with E-state index in [4.69, 9.17) is 11.6 Å². The molecule has 130 valence electrons. The molecule has 1 aliphatic heterocycles. The second kappa shape index (κ2) is 6.70. The average molecular weight is 370 g/mol. The van der Waals surface area contributed by atoms with Gasteiger partial charge in [0, 0.05) is 37.6 Å². The van der Waals surface area contributed by atoms with Crippen LogP contribution in [-0.4, -0.2) is 42.1 Å². The number of anilines is 1. The third-order valence-corrected chi connectivity index (χ3v) is 5.70. The standard InChI is InChI=1S/C15H20ClN5O2S/c1-11(2)21-9-14(18-10-21)24(22,23)19-12-5-7-20(8-12)15-13(16)4-3-6-17-15/h3-4,6,9-12,19H,5,7-8H2,1-2H3.